The number of aromatic nitrogens is 2. The minimum absolute atomic E-state index is 0.0815. The monoisotopic (exact) mass is 641 g/mol. The molecule has 0 fully saturated rings. The molecule has 0 saturated carbocycles. The van der Waals surface area contributed by atoms with Crippen LogP contribution in [0, 0.1) is 22.3 Å². The van der Waals surface area contributed by atoms with Crippen LogP contribution in [0.25, 0.3) is 0 Å². The Hall–Kier alpha value is -1.24. The predicted octanol–water partition coefficient (Wildman–Crippen LogP) is 7.38. The average Bonchev–Trinajstić information content (AvgIpc) is 3.01. The van der Waals surface area contributed by atoms with Gasteiger partial charge in [-0.1, -0.05) is 31.2 Å². The van der Waals surface area contributed by atoms with E-state index in [-0.39, 0.29) is 30.2 Å². The van der Waals surface area contributed by atoms with Crippen LogP contribution >= 0.6 is 34.2 Å². The van der Waals surface area contributed by atoms with Gasteiger partial charge in [0.2, 0.25) is 0 Å². The SMILES string of the molecule is Cc1c(I)nc(C(OC(=O)N(C(C)C)C(C)C)c2ccc(F)c(Cl)c2F)n1COCC[Si](C)(C)C. The van der Waals surface area contributed by atoms with E-state index in [1.165, 1.54) is 6.07 Å². The molecule has 1 unspecified atom stereocenters. The first kappa shape index (κ1) is 30.0. The van der Waals surface area contributed by atoms with Crippen molar-refractivity contribution in [3.8, 4) is 0 Å². The maximum absolute atomic E-state index is 15.2. The van der Waals surface area contributed by atoms with Crippen LogP contribution in [0.15, 0.2) is 12.1 Å². The van der Waals surface area contributed by atoms with Crippen LogP contribution in [-0.2, 0) is 16.2 Å². The van der Waals surface area contributed by atoms with Crippen LogP contribution in [0.2, 0.25) is 30.7 Å². The zero-order valence-corrected chi connectivity index (χ0v) is 25.5. The third-order valence-electron chi connectivity index (χ3n) is 5.53. The highest BCUT2D eigenvalue weighted by atomic mass is 127. The maximum Gasteiger partial charge on any atom is 0.411 e. The molecule has 11 heteroatoms. The van der Waals surface area contributed by atoms with Gasteiger partial charge in [0.15, 0.2) is 17.7 Å². The number of hydrogen-bond acceptors (Lipinski definition) is 4. The van der Waals surface area contributed by atoms with E-state index < -0.39 is 36.9 Å². The van der Waals surface area contributed by atoms with Crippen molar-refractivity contribution in [2.24, 2.45) is 0 Å². The number of nitrogens with zero attached hydrogens (tertiary/aromatic N) is 3. The summed E-state index contributed by atoms with van der Waals surface area (Å²) >= 11 is 7.96. The molecule has 1 amide bonds. The number of halogens is 4. The Morgan fingerprint density at radius 1 is 1.20 bits per heavy atom. The van der Waals surface area contributed by atoms with E-state index in [4.69, 9.17) is 21.1 Å². The molecule has 0 aliphatic heterocycles. The fourth-order valence-electron chi connectivity index (χ4n) is 3.60. The van der Waals surface area contributed by atoms with Gasteiger partial charge in [-0.2, -0.15) is 0 Å². The quantitative estimate of drug-likeness (QED) is 0.118. The second-order valence-corrected chi connectivity index (χ2v) is 17.3. The number of carbonyl (C=O) groups excluding carboxylic acids is 1. The van der Waals surface area contributed by atoms with E-state index in [1.54, 1.807) is 9.47 Å². The van der Waals surface area contributed by atoms with Crippen molar-refractivity contribution in [3.05, 3.63) is 49.6 Å². The van der Waals surface area contributed by atoms with Gasteiger partial charge in [0, 0.05) is 32.3 Å². The summed E-state index contributed by atoms with van der Waals surface area (Å²) in [7, 11) is -1.29. The van der Waals surface area contributed by atoms with E-state index in [0.29, 0.717) is 10.3 Å². The molecular weight excluding hydrogens is 607 g/mol. The second kappa shape index (κ2) is 12.3. The minimum Gasteiger partial charge on any atom is -0.433 e. The summed E-state index contributed by atoms with van der Waals surface area (Å²) in [5.41, 5.74) is 0.704. The lowest BCUT2D eigenvalue weighted by atomic mass is 10.1. The van der Waals surface area contributed by atoms with E-state index >= 15 is 4.39 Å². The Balaban J connectivity index is 2.54. The molecule has 2 aromatic rings. The number of hydrogen-bond donors (Lipinski definition) is 0. The number of carbonyl (C=O) groups is 1. The van der Waals surface area contributed by atoms with E-state index in [1.807, 2.05) is 34.6 Å². The molecule has 0 radical (unpaired) electrons. The lowest BCUT2D eigenvalue weighted by Gasteiger charge is -2.32. The summed E-state index contributed by atoms with van der Waals surface area (Å²) in [6.45, 7) is 16.8. The fraction of sp³-hybridized carbons (Fsp3) is 0.583. The normalized spacial score (nSPS) is 13.0. The van der Waals surface area contributed by atoms with Crippen molar-refractivity contribution in [3.63, 3.8) is 0 Å². The topological polar surface area (TPSA) is 56.6 Å². The summed E-state index contributed by atoms with van der Waals surface area (Å²) in [6, 6.07) is 2.95. The Bertz CT molecular complexity index is 1040. The maximum atomic E-state index is 15.2. The molecule has 196 valence electrons. The van der Waals surface area contributed by atoms with Crippen LogP contribution in [0.1, 0.15) is 50.9 Å². The lowest BCUT2D eigenvalue weighted by Crippen LogP contribution is -2.43. The van der Waals surface area contributed by atoms with Crippen molar-refractivity contribution in [1.82, 2.24) is 14.5 Å². The van der Waals surface area contributed by atoms with Crippen LogP contribution in [0.3, 0.4) is 0 Å². The number of imidazole rings is 1. The van der Waals surface area contributed by atoms with Gasteiger partial charge in [-0.15, -0.1) is 0 Å². The third-order valence-corrected chi connectivity index (χ3v) is 8.61. The molecule has 2 rings (SSSR count). The molecule has 1 atom stereocenters. The highest BCUT2D eigenvalue weighted by molar-refractivity contribution is 14.1. The molecule has 35 heavy (non-hydrogen) atoms. The van der Waals surface area contributed by atoms with E-state index in [9.17, 15) is 9.18 Å². The fourth-order valence-corrected chi connectivity index (χ4v) is 5.07. The Morgan fingerprint density at radius 2 is 1.80 bits per heavy atom. The first-order chi connectivity index (χ1) is 16.2. The molecule has 6 nitrogen and oxygen atoms in total. The molecule has 0 aliphatic carbocycles. The standard InChI is InChI=1S/C24H35ClF2IN3O3Si/c1-14(2)31(15(3)4)24(32)34-21(17-9-10-18(26)19(25)20(17)27)23-29-22(28)16(5)30(23)13-33-11-12-35(6,7)8/h9-10,14-15,21H,11-13H2,1-8H3. The van der Waals surface area contributed by atoms with Gasteiger partial charge in [-0.3, -0.25) is 0 Å². The molecular formula is C24H35ClF2IN3O3Si. The Morgan fingerprint density at radius 3 is 2.34 bits per heavy atom. The summed E-state index contributed by atoms with van der Waals surface area (Å²) in [5, 5.41) is -0.663. The molecule has 1 aromatic heterocycles. The zero-order chi connectivity index (χ0) is 26.7. The Labute approximate surface area is 226 Å². The molecule has 1 aromatic carbocycles. The van der Waals surface area contributed by atoms with Crippen molar-refractivity contribution in [2.45, 2.75) is 85.2 Å². The van der Waals surface area contributed by atoms with Gasteiger partial charge >= 0.3 is 6.09 Å². The summed E-state index contributed by atoms with van der Waals surface area (Å²) in [6.07, 6.45) is -1.90. The smallest absolute Gasteiger partial charge is 0.411 e. The molecule has 0 saturated heterocycles. The number of ether oxygens (including phenoxy) is 2. The van der Waals surface area contributed by atoms with Gasteiger partial charge in [0.05, 0.1) is 5.69 Å². The summed E-state index contributed by atoms with van der Waals surface area (Å²) in [5.74, 6) is -1.61. The third kappa shape index (κ3) is 7.62. The second-order valence-electron chi connectivity index (χ2n) is 10.2. The van der Waals surface area contributed by atoms with Gasteiger partial charge in [0.25, 0.3) is 0 Å². The minimum atomic E-state index is -1.29. The van der Waals surface area contributed by atoms with Crippen LogP contribution in [0.5, 0.6) is 0 Å². The van der Waals surface area contributed by atoms with Gasteiger partial charge in [0.1, 0.15) is 21.3 Å². The van der Waals surface area contributed by atoms with Crippen molar-refractivity contribution < 1.29 is 23.0 Å². The molecule has 0 aliphatic rings. The van der Waals surface area contributed by atoms with Crippen molar-refractivity contribution in [1.29, 1.82) is 0 Å². The average molecular weight is 642 g/mol. The van der Waals surface area contributed by atoms with Crippen molar-refractivity contribution >= 4 is 48.4 Å². The lowest BCUT2D eigenvalue weighted by molar-refractivity contribution is 0.0445. The van der Waals surface area contributed by atoms with E-state index in [2.05, 4.69) is 47.2 Å². The van der Waals surface area contributed by atoms with Gasteiger partial charge < -0.3 is 18.9 Å². The molecule has 0 spiro atoms. The molecule has 1 heterocycles. The summed E-state index contributed by atoms with van der Waals surface area (Å²) in [4.78, 5) is 19.4. The Kier molecular flexibility index (Phi) is 10.6. The zero-order valence-electron chi connectivity index (χ0n) is 21.6. The van der Waals surface area contributed by atoms with Crippen LogP contribution < -0.4 is 0 Å². The highest BCUT2D eigenvalue weighted by Crippen LogP contribution is 2.34. The largest absolute Gasteiger partial charge is 0.433 e. The number of benzene rings is 1. The van der Waals surface area contributed by atoms with Gasteiger partial charge in [-0.05, 0) is 75.4 Å². The van der Waals surface area contributed by atoms with Crippen molar-refractivity contribution in [2.75, 3.05) is 6.61 Å². The number of rotatable bonds is 10. The number of amides is 1. The van der Waals surface area contributed by atoms with Crippen LogP contribution in [-0.4, -0.2) is 47.3 Å². The molecule has 0 N–H and O–H groups in total. The van der Waals surface area contributed by atoms with Gasteiger partial charge in [-0.25, -0.2) is 18.6 Å². The predicted molar refractivity (Wildman–Crippen MR) is 146 cm³/mol. The first-order valence-corrected chi connectivity index (χ1v) is 16.7. The summed E-state index contributed by atoms with van der Waals surface area (Å²) < 4.78 is 43.4. The highest BCUT2D eigenvalue weighted by Gasteiger charge is 2.33. The molecule has 0 bridgehead atoms. The first-order valence-electron chi connectivity index (χ1n) is 11.6. The van der Waals surface area contributed by atoms with E-state index in [0.717, 1.165) is 17.8 Å². The van der Waals surface area contributed by atoms with Crippen LogP contribution in [0.4, 0.5) is 13.6 Å².